The molecule has 8 N–H and O–H groups in total. The standard InChI is InChI=1S/C7H16N8/c8-6(9)14-12-4-2-1-3-5-13-15-7(10)11/h4-5H,1-3H2,(H4,8,9,14)(H4,10,11,15). The molecule has 0 aromatic carbocycles. The number of rotatable bonds is 6. The molecule has 0 aliphatic carbocycles. The normalized spacial score (nSPS) is 10.7. The van der Waals surface area contributed by atoms with E-state index in [-0.39, 0.29) is 11.9 Å². The molecule has 0 radical (unpaired) electrons. The van der Waals surface area contributed by atoms with Crippen LogP contribution in [0.25, 0.3) is 0 Å². The number of hydrazone groups is 2. The van der Waals surface area contributed by atoms with Crippen LogP contribution in [0.2, 0.25) is 0 Å². The summed E-state index contributed by atoms with van der Waals surface area (Å²) < 4.78 is 0. The average Bonchev–Trinajstić information content (AvgIpc) is 2.14. The lowest BCUT2D eigenvalue weighted by atomic mass is 10.3. The predicted molar refractivity (Wildman–Crippen MR) is 60.9 cm³/mol. The van der Waals surface area contributed by atoms with Crippen molar-refractivity contribution >= 4 is 24.3 Å². The minimum absolute atomic E-state index is 0.182. The number of nitrogens with zero attached hydrogens (tertiary/aromatic N) is 2. The van der Waals surface area contributed by atoms with Crippen LogP contribution in [0.4, 0.5) is 0 Å². The summed E-state index contributed by atoms with van der Waals surface area (Å²) in [5, 5.41) is 21.0. The monoisotopic (exact) mass is 212 g/mol. The van der Waals surface area contributed by atoms with Gasteiger partial charge >= 0.3 is 0 Å². The van der Waals surface area contributed by atoms with Gasteiger partial charge in [0.2, 0.25) is 11.9 Å². The van der Waals surface area contributed by atoms with E-state index in [1.807, 2.05) is 0 Å². The van der Waals surface area contributed by atoms with E-state index in [0.29, 0.717) is 0 Å². The lowest BCUT2D eigenvalue weighted by Crippen LogP contribution is -2.25. The molecule has 84 valence electrons. The molecule has 8 heteroatoms. The van der Waals surface area contributed by atoms with Crippen LogP contribution in [-0.2, 0) is 0 Å². The SMILES string of the molecule is N=C(N)NN=CCCCC=NNC(=N)N. The lowest BCUT2D eigenvalue weighted by Gasteiger charge is -1.94. The molecule has 8 nitrogen and oxygen atoms in total. The van der Waals surface area contributed by atoms with Crippen molar-refractivity contribution in [2.75, 3.05) is 0 Å². The third kappa shape index (κ3) is 11.9. The summed E-state index contributed by atoms with van der Waals surface area (Å²) in [7, 11) is 0. The van der Waals surface area contributed by atoms with Gasteiger partial charge in [0, 0.05) is 12.4 Å². The van der Waals surface area contributed by atoms with Crippen LogP contribution in [0.5, 0.6) is 0 Å². The molecule has 0 bridgehead atoms. The second-order valence-electron chi connectivity index (χ2n) is 2.61. The largest absolute Gasteiger partial charge is 0.369 e. The van der Waals surface area contributed by atoms with Crippen LogP contribution in [0, 0.1) is 10.8 Å². The maximum absolute atomic E-state index is 6.80. The van der Waals surface area contributed by atoms with Crippen molar-refractivity contribution in [3.63, 3.8) is 0 Å². The summed E-state index contributed by atoms with van der Waals surface area (Å²) in [6, 6.07) is 0. The Kier molecular flexibility index (Phi) is 7.28. The van der Waals surface area contributed by atoms with Gasteiger partial charge in [-0.15, -0.1) is 0 Å². The molecule has 0 unspecified atom stereocenters. The van der Waals surface area contributed by atoms with Gasteiger partial charge < -0.3 is 11.5 Å². The summed E-state index contributed by atoms with van der Waals surface area (Å²) in [6.45, 7) is 0. The predicted octanol–water partition coefficient (Wildman–Crippen LogP) is -0.906. The van der Waals surface area contributed by atoms with E-state index in [4.69, 9.17) is 22.3 Å². The summed E-state index contributed by atoms with van der Waals surface area (Å²) >= 11 is 0. The molecule has 15 heavy (non-hydrogen) atoms. The first-order chi connectivity index (χ1) is 7.13. The van der Waals surface area contributed by atoms with Crippen LogP contribution >= 0.6 is 0 Å². The Hall–Kier alpha value is -2.12. The molecule has 0 fully saturated rings. The summed E-state index contributed by atoms with van der Waals surface area (Å²) in [5.74, 6) is -0.364. The highest BCUT2D eigenvalue weighted by Gasteiger charge is 1.83. The van der Waals surface area contributed by atoms with Gasteiger partial charge in [0.15, 0.2) is 0 Å². The van der Waals surface area contributed by atoms with Crippen molar-refractivity contribution in [3.05, 3.63) is 0 Å². The highest BCUT2D eigenvalue weighted by Crippen LogP contribution is 1.88. The van der Waals surface area contributed by atoms with Gasteiger partial charge in [-0.2, -0.15) is 10.2 Å². The topological polar surface area (TPSA) is 149 Å². The first-order valence-electron chi connectivity index (χ1n) is 4.36. The highest BCUT2D eigenvalue weighted by atomic mass is 15.3. The van der Waals surface area contributed by atoms with Gasteiger partial charge in [-0.3, -0.25) is 10.8 Å². The number of nitrogens with two attached hydrogens (primary N) is 2. The van der Waals surface area contributed by atoms with Crippen LogP contribution in [-0.4, -0.2) is 24.3 Å². The quantitative estimate of drug-likeness (QED) is 0.146. The molecule has 0 rings (SSSR count). The Balaban J connectivity index is 3.31. The first-order valence-corrected chi connectivity index (χ1v) is 4.36. The van der Waals surface area contributed by atoms with Gasteiger partial charge in [0.1, 0.15) is 0 Å². The molecule has 0 aromatic rings. The van der Waals surface area contributed by atoms with Crippen molar-refractivity contribution in [1.29, 1.82) is 10.8 Å². The minimum atomic E-state index is -0.182. The number of guanidine groups is 2. The average molecular weight is 212 g/mol. The van der Waals surface area contributed by atoms with E-state index in [1.54, 1.807) is 12.4 Å². The van der Waals surface area contributed by atoms with Crippen LogP contribution in [0.1, 0.15) is 19.3 Å². The van der Waals surface area contributed by atoms with E-state index in [1.165, 1.54) is 0 Å². The zero-order valence-corrected chi connectivity index (χ0v) is 8.33. The first kappa shape index (κ1) is 12.9. The van der Waals surface area contributed by atoms with Gasteiger partial charge in [0.05, 0.1) is 0 Å². The van der Waals surface area contributed by atoms with Crippen molar-refractivity contribution < 1.29 is 0 Å². The van der Waals surface area contributed by atoms with Crippen LogP contribution in [0.3, 0.4) is 0 Å². The number of nitrogens with one attached hydrogen (secondary N) is 4. The second kappa shape index (κ2) is 8.48. The maximum Gasteiger partial charge on any atom is 0.206 e. The third-order valence-corrected chi connectivity index (χ3v) is 1.22. The van der Waals surface area contributed by atoms with E-state index in [0.717, 1.165) is 19.3 Å². The number of hydrogen-bond donors (Lipinski definition) is 6. The minimum Gasteiger partial charge on any atom is -0.369 e. The Morgan fingerprint density at radius 1 is 1.00 bits per heavy atom. The molecule has 0 atom stereocenters. The molecule has 0 amide bonds. The van der Waals surface area contributed by atoms with Gasteiger partial charge in [-0.05, 0) is 19.3 Å². The highest BCUT2D eigenvalue weighted by molar-refractivity contribution is 5.75. The zero-order valence-electron chi connectivity index (χ0n) is 8.33. The number of hydrogen-bond acceptors (Lipinski definition) is 4. The van der Waals surface area contributed by atoms with E-state index in [9.17, 15) is 0 Å². The summed E-state index contributed by atoms with van der Waals surface area (Å²) in [4.78, 5) is 0. The molecule has 0 saturated carbocycles. The van der Waals surface area contributed by atoms with E-state index in [2.05, 4.69) is 21.1 Å². The van der Waals surface area contributed by atoms with E-state index >= 15 is 0 Å². The fraction of sp³-hybridized carbons (Fsp3) is 0.429. The molecule has 0 aromatic heterocycles. The summed E-state index contributed by atoms with van der Waals surface area (Å²) in [5.41, 5.74) is 14.6. The van der Waals surface area contributed by atoms with Crippen molar-refractivity contribution in [2.24, 2.45) is 21.7 Å². The zero-order chi connectivity index (χ0) is 11.5. The van der Waals surface area contributed by atoms with Crippen molar-refractivity contribution in [1.82, 2.24) is 10.9 Å². The van der Waals surface area contributed by atoms with Crippen LogP contribution in [0.15, 0.2) is 10.2 Å². The molecule has 0 heterocycles. The Morgan fingerprint density at radius 2 is 1.40 bits per heavy atom. The third-order valence-electron chi connectivity index (χ3n) is 1.22. The van der Waals surface area contributed by atoms with Gasteiger partial charge in [-0.25, -0.2) is 10.9 Å². The Labute approximate surface area is 87.8 Å². The Bertz CT molecular complexity index is 230. The second-order valence-corrected chi connectivity index (χ2v) is 2.61. The molecular weight excluding hydrogens is 196 g/mol. The number of unbranched alkanes of at least 4 members (excludes halogenated alkanes) is 2. The molecule has 0 aliphatic rings. The Morgan fingerprint density at radius 3 is 1.73 bits per heavy atom. The van der Waals surface area contributed by atoms with Crippen LogP contribution < -0.4 is 22.3 Å². The smallest absolute Gasteiger partial charge is 0.206 e. The van der Waals surface area contributed by atoms with Gasteiger partial charge in [-0.1, -0.05) is 0 Å². The fourth-order valence-electron chi connectivity index (χ4n) is 0.660. The fourth-order valence-corrected chi connectivity index (χ4v) is 0.660. The van der Waals surface area contributed by atoms with Crippen molar-refractivity contribution in [2.45, 2.75) is 19.3 Å². The van der Waals surface area contributed by atoms with E-state index < -0.39 is 0 Å². The molecule has 0 aliphatic heterocycles. The lowest BCUT2D eigenvalue weighted by molar-refractivity contribution is 0.907. The van der Waals surface area contributed by atoms with Gasteiger partial charge in [0.25, 0.3) is 0 Å². The molecular formula is C7H16N8. The molecule has 0 spiro atoms. The molecule has 0 saturated heterocycles. The summed E-state index contributed by atoms with van der Waals surface area (Å²) in [6.07, 6.45) is 5.65. The van der Waals surface area contributed by atoms with Crippen molar-refractivity contribution in [3.8, 4) is 0 Å². The maximum atomic E-state index is 6.80.